The zero-order valence-electron chi connectivity index (χ0n) is 18.8. The molecule has 2 aromatic carbocycles. The molecule has 9 heteroatoms. The third kappa shape index (κ3) is 7.28. The standard InChI is InChI=1S/C24H31F3N4O2/c1-18-6-2-3-14-30(18)23(29)31(15-5-13-28)20-9-11-21(12-10-20)32-17-19-7-4-8-22(16-19)33-24(25,26)27/h4,7-12,16,18,29H,2-3,5-6,13-15,17,28H2,1H3. The Balaban J connectivity index is 1.65. The Hall–Kier alpha value is -2.94. The minimum Gasteiger partial charge on any atom is -0.489 e. The van der Waals surface area contributed by atoms with Crippen molar-refractivity contribution in [2.75, 3.05) is 24.5 Å². The molecule has 1 atom stereocenters. The maximum Gasteiger partial charge on any atom is 0.573 e. The SMILES string of the molecule is CC1CCCCN1C(=N)N(CCCN)c1ccc(OCc2cccc(OC(F)(F)F)c2)cc1. The smallest absolute Gasteiger partial charge is 0.489 e. The highest BCUT2D eigenvalue weighted by molar-refractivity contribution is 5.94. The van der Waals surface area contributed by atoms with Gasteiger partial charge in [0, 0.05) is 24.8 Å². The number of anilines is 1. The number of benzene rings is 2. The van der Waals surface area contributed by atoms with Crippen molar-refractivity contribution in [2.45, 2.75) is 51.6 Å². The second kappa shape index (κ2) is 11.3. The molecule has 33 heavy (non-hydrogen) atoms. The molecule has 3 rings (SSSR count). The first-order chi connectivity index (χ1) is 15.8. The molecule has 0 aliphatic carbocycles. The summed E-state index contributed by atoms with van der Waals surface area (Å²) in [6, 6.07) is 13.4. The van der Waals surface area contributed by atoms with Crippen molar-refractivity contribution in [3.05, 3.63) is 54.1 Å². The van der Waals surface area contributed by atoms with E-state index in [4.69, 9.17) is 15.9 Å². The fourth-order valence-electron chi connectivity index (χ4n) is 3.90. The molecule has 0 aromatic heterocycles. The Kier molecular flexibility index (Phi) is 8.43. The average Bonchev–Trinajstić information content (AvgIpc) is 2.78. The van der Waals surface area contributed by atoms with Crippen molar-refractivity contribution in [3.8, 4) is 11.5 Å². The summed E-state index contributed by atoms with van der Waals surface area (Å²) in [6.45, 7) is 4.31. The third-order valence-corrected chi connectivity index (χ3v) is 5.60. The van der Waals surface area contributed by atoms with Gasteiger partial charge < -0.3 is 25.0 Å². The van der Waals surface area contributed by atoms with E-state index in [-0.39, 0.29) is 12.4 Å². The van der Waals surface area contributed by atoms with E-state index in [0.717, 1.165) is 31.5 Å². The maximum atomic E-state index is 12.4. The van der Waals surface area contributed by atoms with Gasteiger partial charge in [-0.05, 0) is 81.1 Å². The zero-order valence-corrected chi connectivity index (χ0v) is 18.8. The summed E-state index contributed by atoms with van der Waals surface area (Å²) >= 11 is 0. The topological polar surface area (TPSA) is 74.8 Å². The molecule has 180 valence electrons. The Morgan fingerprint density at radius 2 is 1.91 bits per heavy atom. The van der Waals surface area contributed by atoms with Gasteiger partial charge in [-0.2, -0.15) is 0 Å². The Morgan fingerprint density at radius 1 is 1.15 bits per heavy atom. The number of likely N-dealkylation sites (tertiary alicyclic amines) is 1. The predicted octanol–water partition coefficient (Wildman–Crippen LogP) is 5.13. The maximum absolute atomic E-state index is 12.4. The molecular weight excluding hydrogens is 433 g/mol. The molecular formula is C24H31F3N4O2. The van der Waals surface area contributed by atoms with Crippen LogP contribution in [0, 0.1) is 5.41 Å². The number of ether oxygens (including phenoxy) is 2. The minimum absolute atomic E-state index is 0.104. The van der Waals surface area contributed by atoms with Crippen LogP contribution in [0.15, 0.2) is 48.5 Å². The van der Waals surface area contributed by atoms with Crippen molar-refractivity contribution in [3.63, 3.8) is 0 Å². The summed E-state index contributed by atoms with van der Waals surface area (Å²) in [5.74, 6) is 0.781. The third-order valence-electron chi connectivity index (χ3n) is 5.60. The van der Waals surface area contributed by atoms with Crippen LogP contribution in [0.5, 0.6) is 11.5 Å². The molecule has 1 saturated heterocycles. The lowest BCUT2D eigenvalue weighted by molar-refractivity contribution is -0.274. The van der Waals surface area contributed by atoms with Gasteiger partial charge in [0.25, 0.3) is 0 Å². The molecule has 2 aromatic rings. The molecule has 1 unspecified atom stereocenters. The number of guanidine groups is 1. The number of hydrogen-bond acceptors (Lipinski definition) is 4. The first kappa shape index (κ1) is 24.7. The molecule has 3 N–H and O–H groups in total. The first-order valence-electron chi connectivity index (χ1n) is 11.2. The van der Waals surface area contributed by atoms with Crippen LogP contribution >= 0.6 is 0 Å². The minimum atomic E-state index is -4.73. The van der Waals surface area contributed by atoms with Gasteiger partial charge in [-0.15, -0.1) is 13.2 Å². The van der Waals surface area contributed by atoms with Crippen molar-refractivity contribution in [2.24, 2.45) is 5.73 Å². The average molecular weight is 465 g/mol. The van der Waals surface area contributed by atoms with E-state index in [9.17, 15) is 13.2 Å². The summed E-state index contributed by atoms with van der Waals surface area (Å²) in [4.78, 5) is 4.11. The summed E-state index contributed by atoms with van der Waals surface area (Å²) < 4.78 is 47.0. The van der Waals surface area contributed by atoms with Crippen LogP contribution < -0.4 is 20.1 Å². The van der Waals surface area contributed by atoms with Gasteiger partial charge in [-0.25, -0.2) is 0 Å². The summed E-state index contributed by atoms with van der Waals surface area (Å²) in [5.41, 5.74) is 7.16. The van der Waals surface area contributed by atoms with Crippen molar-refractivity contribution in [1.29, 1.82) is 5.41 Å². The summed E-state index contributed by atoms with van der Waals surface area (Å²) in [5, 5.41) is 8.80. The van der Waals surface area contributed by atoms with Crippen LogP contribution in [0.3, 0.4) is 0 Å². The largest absolute Gasteiger partial charge is 0.573 e. The Morgan fingerprint density at radius 3 is 2.58 bits per heavy atom. The molecule has 0 amide bonds. The van der Waals surface area contributed by atoms with Crippen LogP contribution in [0.25, 0.3) is 0 Å². The fraction of sp³-hybridized carbons (Fsp3) is 0.458. The molecule has 6 nitrogen and oxygen atoms in total. The lowest BCUT2D eigenvalue weighted by Crippen LogP contribution is -2.50. The number of alkyl halides is 3. The molecule has 1 heterocycles. The number of nitrogens with one attached hydrogen (secondary N) is 1. The van der Waals surface area contributed by atoms with Crippen LogP contribution in [0.4, 0.5) is 18.9 Å². The number of nitrogens with zero attached hydrogens (tertiary/aromatic N) is 2. The van der Waals surface area contributed by atoms with Crippen LogP contribution in [-0.2, 0) is 6.61 Å². The van der Waals surface area contributed by atoms with Gasteiger partial charge >= 0.3 is 6.36 Å². The zero-order chi connectivity index (χ0) is 23.8. The van der Waals surface area contributed by atoms with E-state index < -0.39 is 6.36 Å². The Labute approximate surface area is 192 Å². The summed E-state index contributed by atoms with van der Waals surface area (Å²) in [7, 11) is 0. The van der Waals surface area contributed by atoms with Crippen molar-refractivity contribution >= 4 is 11.6 Å². The van der Waals surface area contributed by atoms with Gasteiger partial charge in [0.15, 0.2) is 5.96 Å². The molecule has 0 saturated carbocycles. The number of piperidine rings is 1. The number of hydrogen-bond donors (Lipinski definition) is 2. The van der Waals surface area contributed by atoms with Gasteiger partial charge in [0.2, 0.25) is 0 Å². The molecule has 1 aliphatic heterocycles. The highest BCUT2D eigenvalue weighted by Gasteiger charge is 2.31. The summed E-state index contributed by atoms with van der Waals surface area (Å²) in [6.07, 6.45) is -0.621. The van der Waals surface area contributed by atoms with E-state index in [0.29, 0.717) is 36.4 Å². The second-order valence-electron chi connectivity index (χ2n) is 8.13. The van der Waals surface area contributed by atoms with Crippen LogP contribution in [0.1, 0.15) is 38.2 Å². The number of halogens is 3. The number of nitrogens with two attached hydrogens (primary N) is 1. The fourth-order valence-corrected chi connectivity index (χ4v) is 3.90. The van der Waals surface area contributed by atoms with Crippen LogP contribution in [-0.4, -0.2) is 42.9 Å². The van der Waals surface area contributed by atoms with Crippen molar-refractivity contribution in [1.82, 2.24) is 4.90 Å². The Bertz CT molecular complexity index is 905. The normalized spacial score (nSPS) is 16.4. The van der Waals surface area contributed by atoms with E-state index in [1.165, 1.54) is 24.6 Å². The quantitative estimate of drug-likeness (QED) is 0.419. The lowest BCUT2D eigenvalue weighted by Gasteiger charge is -2.40. The van der Waals surface area contributed by atoms with E-state index in [1.54, 1.807) is 18.2 Å². The highest BCUT2D eigenvalue weighted by Crippen LogP contribution is 2.26. The van der Waals surface area contributed by atoms with E-state index >= 15 is 0 Å². The van der Waals surface area contributed by atoms with Gasteiger partial charge in [-0.3, -0.25) is 5.41 Å². The van der Waals surface area contributed by atoms with Crippen molar-refractivity contribution < 1.29 is 22.6 Å². The lowest BCUT2D eigenvalue weighted by atomic mass is 10.0. The van der Waals surface area contributed by atoms with Gasteiger partial charge in [0.05, 0.1) is 0 Å². The van der Waals surface area contributed by atoms with E-state index in [1.807, 2.05) is 17.0 Å². The molecule has 0 spiro atoms. The molecule has 0 radical (unpaired) electrons. The number of rotatable bonds is 8. The predicted molar refractivity (Wildman–Crippen MR) is 123 cm³/mol. The molecule has 1 aliphatic rings. The van der Waals surface area contributed by atoms with E-state index in [2.05, 4.69) is 16.6 Å². The highest BCUT2D eigenvalue weighted by atomic mass is 19.4. The van der Waals surface area contributed by atoms with Crippen LogP contribution in [0.2, 0.25) is 0 Å². The second-order valence-corrected chi connectivity index (χ2v) is 8.13. The monoisotopic (exact) mass is 464 g/mol. The molecule has 1 fully saturated rings. The van der Waals surface area contributed by atoms with Gasteiger partial charge in [-0.1, -0.05) is 12.1 Å². The first-order valence-corrected chi connectivity index (χ1v) is 11.2. The van der Waals surface area contributed by atoms with Gasteiger partial charge in [0.1, 0.15) is 18.1 Å². The molecule has 0 bridgehead atoms.